The first-order valence-corrected chi connectivity index (χ1v) is 7.96. The van der Waals surface area contributed by atoms with Crippen molar-refractivity contribution in [3.05, 3.63) is 40.5 Å². The highest BCUT2D eigenvalue weighted by Gasteiger charge is 2.24. The summed E-state index contributed by atoms with van der Waals surface area (Å²) < 4.78 is 0. The Labute approximate surface area is 128 Å². The monoisotopic (exact) mass is 299 g/mol. The normalized spacial score (nSPS) is 17.4. The second-order valence-electron chi connectivity index (χ2n) is 5.10. The van der Waals surface area contributed by atoms with Crippen molar-refractivity contribution >= 4 is 17.2 Å². The van der Waals surface area contributed by atoms with Crippen molar-refractivity contribution in [2.24, 2.45) is 0 Å². The van der Waals surface area contributed by atoms with Crippen molar-refractivity contribution in [3.63, 3.8) is 0 Å². The molecule has 3 rings (SSSR count). The van der Waals surface area contributed by atoms with E-state index in [4.69, 9.17) is 5.26 Å². The molecule has 0 saturated carbocycles. The highest BCUT2D eigenvalue weighted by atomic mass is 32.1. The Kier molecular flexibility index (Phi) is 4.13. The van der Waals surface area contributed by atoms with Crippen molar-refractivity contribution in [2.45, 2.75) is 13.0 Å². The van der Waals surface area contributed by atoms with E-state index in [1.165, 1.54) is 5.56 Å². The molecule has 0 aliphatic carbocycles. The Balaban J connectivity index is 1.67. The second-order valence-corrected chi connectivity index (χ2v) is 5.88. The molecule has 5 nitrogen and oxygen atoms in total. The minimum atomic E-state index is 0.414. The van der Waals surface area contributed by atoms with E-state index in [1.807, 2.05) is 0 Å². The van der Waals surface area contributed by atoms with Gasteiger partial charge in [-0.2, -0.15) is 16.6 Å². The molecule has 3 heterocycles. The molecule has 0 amide bonds. The van der Waals surface area contributed by atoms with Gasteiger partial charge in [-0.1, -0.05) is 0 Å². The summed E-state index contributed by atoms with van der Waals surface area (Å²) in [5, 5.41) is 13.5. The zero-order chi connectivity index (χ0) is 14.7. The molecule has 0 unspecified atom stereocenters. The van der Waals surface area contributed by atoms with Crippen LogP contribution < -0.4 is 4.90 Å². The lowest BCUT2D eigenvalue weighted by Gasteiger charge is -2.38. The van der Waals surface area contributed by atoms with Crippen LogP contribution in [-0.2, 0) is 0 Å². The molecule has 1 aliphatic heterocycles. The number of thiophene rings is 1. The third kappa shape index (κ3) is 2.89. The number of hydrogen-bond donors (Lipinski definition) is 0. The summed E-state index contributed by atoms with van der Waals surface area (Å²) in [4.78, 5) is 13.0. The molecule has 0 N–H and O–H groups in total. The van der Waals surface area contributed by atoms with Crippen molar-refractivity contribution in [3.8, 4) is 6.07 Å². The van der Waals surface area contributed by atoms with Crippen LogP contribution in [0.1, 0.15) is 24.2 Å². The van der Waals surface area contributed by atoms with E-state index in [1.54, 1.807) is 23.7 Å². The first kappa shape index (κ1) is 14.0. The molecule has 108 valence electrons. The molecule has 1 atom stereocenters. The molecular weight excluding hydrogens is 282 g/mol. The Bertz CT molecular complexity index is 626. The van der Waals surface area contributed by atoms with Crippen molar-refractivity contribution < 1.29 is 0 Å². The lowest BCUT2D eigenvalue weighted by molar-refractivity contribution is 0.198. The van der Waals surface area contributed by atoms with Crippen LogP contribution >= 0.6 is 11.3 Å². The molecule has 0 bridgehead atoms. The fourth-order valence-corrected chi connectivity index (χ4v) is 3.43. The van der Waals surface area contributed by atoms with Gasteiger partial charge in [-0.25, -0.2) is 9.97 Å². The van der Waals surface area contributed by atoms with Crippen molar-refractivity contribution in [1.82, 2.24) is 14.9 Å². The zero-order valence-corrected chi connectivity index (χ0v) is 12.8. The molecule has 2 aromatic rings. The van der Waals surface area contributed by atoms with E-state index in [2.05, 4.69) is 49.6 Å². The van der Waals surface area contributed by atoms with Gasteiger partial charge in [0, 0.05) is 44.6 Å². The average Bonchev–Trinajstić information content (AvgIpc) is 3.09. The van der Waals surface area contributed by atoms with Gasteiger partial charge in [0.1, 0.15) is 6.07 Å². The van der Waals surface area contributed by atoms with Crippen LogP contribution in [0, 0.1) is 11.3 Å². The highest BCUT2D eigenvalue weighted by Crippen LogP contribution is 2.25. The fraction of sp³-hybridized carbons (Fsp3) is 0.400. The number of nitriles is 1. The van der Waals surface area contributed by atoms with Crippen molar-refractivity contribution in [1.29, 1.82) is 5.26 Å². The van der Waals surface area contributed by atoms with E-state index in [-0.39, 0.29) is 0 Å². The minimum absolute atomic E-state index is 0.414. The summed E-state index contributed by atoms with van der Waals surface area (Å²) in [6.07, 6.45) is 3.22. The SMILES string of the molecule is C[C@H](c1ccsc1)N1CCN(c2nccnc2C#N)CC1. The quantitative estimate of drug-likeness (QED) is 0.870. The summed E-state index contributed by atoms with van der Waals surface area (Å²) in [6.45, 7) is 5.95. The largest absolute Gasteiger partial charge is 0.352 e. The second kappa shape index (κ2) is 6.20. The Morgan fingerprint density at radius 2 is 2.00 bits per heavy atom. The number of aromatic nitrogens is 2. The van der Waals surface area contributed by atoms with E-state index >= 15 is 0 Å². The topological polar surface area (TPSA) is 56.1 Å². The third-order valence-corrected chi connectivity index (χ3v) is 4.67. The third-order valence-electron chi connectivity index (χ3n) is 3.97. The predicted octanol–water partition coefficient (Wildman–Crippen LogP) is 2.29. The minimum Gasteiger partial charge on any atom is -0.352 e. The molecule has 1 saturated heterocycles. The lowest BCUT2D eigenvalue weighted by Crippen LogP contribution is -2.47. The molecule has 1 aliphatic rings. The summed E-state index contributed by atoms with van der Waals surface area (Å²) in [5.41, 5.74) is 1.79. The van der Waals surface area contributed by atoms with Crippen LogP contribution in [0.3, 0.4) is 0 Å². The number of rotatable bonds is 3. The lowest BCUT2D eigenvalue weighted by atomic mass is 10.1. The number of nitrogens with zero attached hydrogens (tertiary/aromatic N) is 5. The number of anilines is 1. The molecule has 21 heavy (non-hydrogen) atoms. The Morgan fingerprint density at radius 3 is 2.67 bits per heavy atom. The molecule has 6 heteroatoms. The first-order valence-electron chi connectivity index (χ1n) is 7.02. The summed E-state index contributed by atoms with van der Waals surface area (Å²) >= 11 is 1.74. The number of piperazine rings is 1. The van der Waals surface area contributed by atoms with Crippen LogP contribution in [0.2, 0.25) is 0 Å². The van der Waals surface area contributed by atoms with Crippen LogP contribution in [-0.4, -0.2) is 41.0 Å². The first-order chi connectivity index (χ1) is 10.3. The average molecular weight is 299 g/mol. The Morgan fingerprint density at radius 1 is 1.24 bits per heavy atom. The maximum Gasteiger partial charge on any atom is 0.183 e. The van der Waals surface area contributed by atoms with Gasteiger partial charge in [0.2, 0.25) is 0 Å². The van der Waals surface area contributed by atoms with Gasteiger partial charge in [0.25, 0.3) is 0 Å². The Hall–Kier alpha value is -1.97. The zero-order valence-electron chi connectivity index (χ0n) is 11.9. The van der Waals surface area contributed by atoms with E-state index in [0.717, 1.165) is 26.2 Å². The van der Waals surface area contributed by atoms with Gasteiger partial charge in [0.05, 0.1) is 0 Å². The molecule has 0 radical (unpaired) electrons. The molecular formula is C15H17N5S. The fourth-order valence-electron chi connectivity index (χ4n) is 2.69. The molecule has 0 aromatic carbocycles. The predicted molar refractivity (Wildman–Crippen MR) is 83.3 cm³/mol. The molecule has 1 fully saturated rings. The maximum absolute atomic E-state index is 9.13. The van der Waals surface area contributed by atoms with E-state index < -0.39 is 0 Å². The van der Waals surface area contributed by atoms with Crippen LogP contribution in [0.15, 0.2) is 29.2 Å². The molecule has 2 aromatic heterocycles. The van der Waals surface area contributed by atoms with Crippen LogP contribution in [0.5, 0.6) is 0 Å². The van der Waals surface area contributed by atoms with Crippen molar-refractivity contribution in [2.75, 3.05) is 31.1 Å². The van der Waals surface area contributed by atoms with Gasteiger partial charge in [-0.15, -0.1) is 0 Å². The summed E-state index contributed by atoms with van der Waals surface area (Å²) in [7, 11) is 0. The highest BCUT2D eigenvalue weighted by molar-refractivity contribution is 7.07. The van der Waals surface area contributed by atoms with Gasteiger partial charge < -0.3 is 4.90 Å². The number of hydrogen-bond acceptors (Lipinski definition) is 6. The van der Waals surface area contributed by atoms with Gasteiger partial charge in [-0.3, -0.25) is 4.90 Å². The van der Waals surface area contributed by atoms with E-state index in [9.17, 15) is 0 Å². The molecule has 0 spiro atoms. The van der Waals surface area contributed by atoms with E-state index in [0.29, 0.717) is 17.6 Å². The smallest absolute Gasteiger partial charge is 0.183 e. The van der Waals surface area contributed by atoms with Gasteiger partial charge in [0.15, 0.2) is 11.5 Å². The summed E-state index contributed by atoms with van der Waals surface area (Å²) in [6, 6.07) is 4.75. The maximum atomic E-state index is 9.13. The van der Waals surface area contributed by atoms with Crippen LogP contribution in [0.4, 0.5) is 5.82 Å². The standard InChI is InChI=1S/C15H17N5S/c1-12(13-2-9-21-11-13)19-5-7-20(8-6-19)15-14(10-16)17-3-4-18-15/h2-4,9,11-12H,5-8H2,1H3/t12-/m1/s1. The van der Waals surface area contributed by atoms with Gasteiger partial charge in [-0.05, 0) is 29.3 Å². The van der Waals surface area contributed by atoms with Gasteiger partial charge >= 0.3 is 0 Å². The summed E-state index contributed by atoms with van der Waals surface area (Å²) in [5.74, 6) is 0.711. The van der Waals surface area contributed by atoms with Crippen LogP contribution in [0.25, 0.3) is 0 Å².